The van der Waals surface area contributed by atoms with Crippen molar-refractivity contribution in [3.05, 3.63) is 0 Å². The fourth-order valence-electron chi connectivity index (χ4n) is 3.35. The molecule has 2 saturated heterocycles. The number of amides is 2. The van der Waals surface area contributed by atoms with E-state index in [1.807, 2.05) is 4.90 Å². The van der Waals surface area contributed by atoms with E-state index in [1.54, 1.807) is 0 Å². The molecule has 2 atom stereocenters. The van der Waals surface area contributed by atoms with Crippen LogP contribution in [0.2, 0.25) is 0 Å². The number of nitrogens with zero attached hydrogens (tertiary/aromatic N) is 1. The van der Waals surface area contributed by atoms with Gasteiger partial charge in [0.15, 0.2) is 0 Å². The van der Waals surface area contributed by atoms with E-state index in [9.17, 15) is 9.59 Å². The van der Waals surface area contributed by atoms with Gasteiger partial charge in [0, 0.05) is 25.4 Å². The van der Waals surface area contributed by atoms with Gasteiger partial charge in [0.25, 0.3) is 0 Å². The van der Waals surface area contributed by atoms with Crippen LogP contribution < -0.4 is 11.1 Å². The monoisotopic (exact) mass is 281 g/mol. The average molecular weight is 281 g/mol. The van der Waals surface area contributed by atoms with E-state index in [4.69, 9.17) is 5.73 Å². The maximum absolute atomic E-state index is 12.3. The molecule has 114 valence electrons. The Hall–Kier alpha value is -1.10. The van der Waals surface area contributed by atoms with Gasteiger partial charge in [-0.2, -0.15) is 0 Å². The Morgan fingerprint density at radius 1 is 1.30 bits per heavy atom. The zero-order chi connectivity index (χ0) is 14.5. The Bertz CT molecular complexity index is 345. The van der Waals surface area contributed by atoms with E-state index in [2.05, 4.69) is 12.2 Å². The normalized spacial score (nSPS) is 26.2. The van der Waals surface area contributed by atoms with Crippen LogP contribution in [0.25, 0.3) is 0 Å². The SMILES string of the molecule is CC(CC(=O)N1CCC(C(N)=O)CC1)C1CCCNC1. The lowest BCUT2D eigenvalue weighted by molar-refractivity contribution is -0.136. The molecule has 0 aromatic carbocycles. The maximum atomic E-state index is 12.3. The summed E-state index contributed by atoms with van der Waals surface area (Å²) in [6.07, 6.45) is 4.52. The third-order valence-corrected chi connectivity index (χ3v) is 4.89. The molecule has 2 heterocycles. The first-order valence-corrected chi connectivity index (χ1v) is 7.85. The Morgan fingerprint density at radius 2 is 2.00 bits per heavy atom. The quantitative estimate of drug-likeness (QED) is 0.798. The average Bonchev–Trinajstić information content (AvgIpc) is 2.48. The van der Waals surface area contributed by atoms with Crippen LogP contribution in [0.5, 0.6) is 0 Å². The van der Waals surface area contributed by atoms with Crippen LogP contribution >= 0.6 is 0 Å². The van der Waals surface area contributed by atoms with E-state index in [0.29, 0.717) is 31.3 Å². The zero-order valence-corrected chi connectivity index (χ0v) is 12.4. The molecule has 2 unspecified atom stereocenters. The highest BCUT2D eigenvalue weighted by molar-refractivity contribution is 5.79. The van der Waals surface area contributed by atoms with Gasteiger partial charge in [-0.1, -0.05) is 6.92 Å². The van der Waals surface area contributed by atoms with Gasteiger partial charge in [-0.15, -0.1) is 0 Å². The summed E-state index contributed by atoms with van der Waals surface area (Å²) in [5.74, 6) is 1.03. The number of carbonyl (C=O) groups excluding carboxylic acids is 2. The molecule has 3 N–H and O–H groups in total. The second-order valence-corrected chi connectivity index (χ2v) is 6.35. The highest BCUT2D eigenvalue weighted by Crippen LogP contribution is 2.24. The minimum atomic E-state index is -0.223. The number of likely N-dealkylation sites (tertiary alicyclic amines) is 1. The summed E-state index contributed by atoms with van der Waals surface area (Å²) >= 11 is 0. The van der Waals surface area contributed by atoms with Crippen molar-refractivity contribution in [2.75, 3.05) is 26.2 Å². The number of hydrogen-bond acceptors (Lipinski definition) is 3. The molecule has 2 fully saturated rings. The van der Waals surface area contributed by atoms with Crippen molar-refractivity contribution >= 4 is 11.8 Å². The maximum Gasteiger partial charge on any atom is 0.222 e. The van der Waals surface area contributed by atoms with Crippen molar-refractivity contribution in [3.63, 3.8) is 0 Å². The van der Waals surface area contributed by atoms with E-state index < -0.39 is 0 Å². The predicted octanol–water partition coefficient (Wildman–Crippen LogP) is 0.736. The van der Waals surface area contributed by atoms with Crippen LogP contribution in [-0.4, -0.2) is 42.9 Å². The van der Waals surface area contributed by atoms with Gasteiger partial charge >= 0.3 is 0 Å². The lowest BCUT2D eigenvalue weighted by Gasteiger charge is -2.33. The molecule has 2 amide bonds. The molecule has 0 aromatic heterocycles. The van der Waals surface area contributed by atoms with Gasteiger partial charge in [0.05, 0.1) is 0 Å². The minimum absolute atomic E-state index is 0.0426. The number of rotatable bonds is 4. The Balaban J connectivity index is 1.76. The van der Waals surface area contributed by atoms with Crippen LogP contribution in [0, 0.1) is 17.8 Å². The molecular weight excluding hydrogens is 254 g/mol. The summed E-state index contributed by atoms with van der Waals surface area (Å²) in [5.41, 5.74) is 5.32. The molecule has 5 nitrogen and oxygen atoms in total. The van der Waals surface area contributed by atoms with Gasteiger partial charge in [0.1, 0.15) is 0 Å². The number of nitrogens with two attached hydrogens (primary N) is 1. The van der Waals surface area contributed by atoms with Crippen molar-refractivity contribution in [1.29, 1.82) is 0 Å². The Kier molecular flexibility index (Phi) is 5.40. The number of carbonyl (C=O) groups is 2. The number of nitrogens with one attached hydrogen (secondary N) is 1. The van der Waals surface area contributed by atoms with Crippen LogP contribution in [0.3, 0.4) is 0 Å². The minimum Gasteiger partial charge on any atom is -0.369 e. The summed E-state index contributed by atoms with van der Waals surface area (Å²) in [5, 5.41) is 3.41. The van der Waals surface area contributed by atoms with Crippen molar-refractivity contribution in [1.82, 2.24) is 10.2 Å². The van der Waals surface area contributed by atoms with E-state index in [-0.39, 0.29) is 17.7 Å². The van der Waals surface area contributed by atoms with Crippen molar-refractivity contribution < 1.29 is 9.59 Å². The molecule has 0 saturated carbocycles. The fraction of sp³-hybridized carbons (Fsp3) is 0.867. The summed E-state index contributed by atoms with van der Waals surface area (Å²) in [7, 11) is 0. The second kappa shape index (κ2) is 7.07. The first-order chi connectivity index (χ1) is 9.58. The topological polar surface area (TPSA) is 75.4 Å². The van der Waals surface area contributed by atoms with Gasteiger partial charge in [-0.25, -0.2) is 0 Å². The van der Waals surface area contributed by atoms with E-state index in [1.165, 1.54) is 12.8 Å². The smallest absolute Gasteiger partial charge is 0.222 e. The Labute approximate surface area is 121 Å². The highest BCUT2D eigenvalue weighted by atomic mass is 16.2. The number of hydrogen-bond donors (Lipinski definition) is 2. The van der Waals surface area contributed by atoms with Gasteiger partial charge < -0.3 is 16.0 Å². The predicted molar refractivity (Wildman–Crippen MR) is 77.9 cm³/mol. The molecule has 0 radical (unpaired) electrons. The van der Waals surface area contributed by atoms with Crippen molar-refractivity contribution in [2.24, 2.45) is 23.5 Å². The van der Waals surface area contributed by atoms with Crippen molar-refractivity contribution in [3.8, 4) is 0 Å². The summed E-state index contributed by atoms with van der Waals surface area (Å²) in [6, 6.07) is 0. The number of primary amides is 1. The number of piperidine rings is 2. The molecule has 0 bridgehead atoms. The third-order valence-electron chi connectivity index (χ3n) is 4.89. The zero-order valence-electron chi connectivity index (χ0n) is 12.4. The lowest BCUT2D eigenvalue weighted by Crippen LogP contribution is -2.43. The Morgan fingerprint density at radius 3 is 2.55 bits per heavy atom. The van der Waals surface area contributed by atoms with Gasteiger partial charge in [0.2, 0.25) is 11.8 Å². The van der Waals surface area contributed by atoms with Crippen LogP contribution in [-0.2, 0) is 9.59 Å². The van der Waals surface area contributed by atoms with E-state index >= 15 is 0 Å². The molecule has 0 aliphatic carbocycles. The lowest BCUT2D eigenvalue weighted by atomic mass is 9.85. The molecule has 5 heteroatoms. The van der Waals surface area contributed by atoms with E-state index in [0.717, 1.165) is 25.9 Å². The highest BCUT2D eigenvalue weighted by Gasteiger charge is 2.28. The molecular formula is C15H27N3O2. The van der Waals surface area contributed by atoms with Crippen LogP contribution in [0.15, 0.2) is 0 Å². The van der Waals surface area contributed by atoms with Gasteiger partial charge in [-0.3, -0.25) is 9.59 Å². The van der Waals surface area contributed by atoms with Crippen LogP contribution in [0.4, 0.5) is 0 Å². The fourth-order valence-corrected chi connectivity index (χ4v) is 3.35. The summed E-state index contributed by atoms with van der Waals surface area (Å²) < 4.78 is 0. The van der Waals surface area contributed by atoms with Crippen LogP contribution in [0.1, 0.15) is 39.0 Å². The van der Waals surface area contributed by atoms with Crippen molar-refractivity contribution in [2.45, 2.75) is 39.0 Å². The summed E-state index contributed by atoms with van der Waals surface area (Å²) in [6.45, 7) is 5.70. The molecule has 2 rings (SSSR count). The molecule has 2 aliphatic rings. The first kappa shape index (κ1) is 15.3. The largest absolute Gasteiger partial charge is 0.369 e. The first-order valence-electron chi connectivity index (χ1n) is 7.85. The molecule has 0 spiro atoms. The summed E-state index contributed by atoms with van der Waals surface area (Å²) in [4.78, 5) is 25.4. The molecule has 20 heavy (non-hydrogen) atoms. The second-order valence-electron chi connectivity index (χ2n) is 6.35. The molecule has 0 aromatic rings. The third kappa shape index (κ3) is 3.95. The molecule has 2 aliphatic heterocycles. The van der Waals surface area contributed by atoms with Gasteiger partial charge in [-0.05, 0) is 50.6 Å². The standard InChI is InChI=1S/C15H27N3O2/c1-11(13-3-2-6-17-10-13)9-14(19)18-7-4-12(5-8-18)15(16)20/h11-13,17H,2-10H2,1H3,(H2,16,20).